The molecular formula is C14H18BrClN2O. The third-order valence-electron chi connectivity index (χ3n) is 3.44. The van der Waals surface area contributed by atoms with E-state index in [1.165, 1.54) is 12.8 Å². The number of hydrogen-bond acceptors (Lipinski definition) is 2. The van der Waals surface area contributed by atoms with Crippen molar-refractivity contribution in [2.75, 3.05) is 18.4 Å². The van der Waals surface area contributed by atoms with Gasteiger partial charge in [0.2, 0.25) is 5.91 Å². The maximum absolute atomic E-state index is 11.9. The predicted molar refractivity (Wildman–Crippen MR) is 82.6 cm³/mol. The van der Waals surface area contributed by atoms with Gasteiger partial charge in [-0.1, -0.05) is 27.5 Å². The first-order valence-electron chi connectivity index (χ1n) is 6.61. The summed E-state index contributed by atoms with van der Waals surface area (Å²) in [7, 11) is 0. The number of halogens is 2. The van der Waals surface area contributed by atoms with Gasteiger partial charge < -0.3 is 10.6 Å². The van der Waals surface area contributed by atoms with Crippen molar-refractivity contribution in [1.82, 2.24) is 5.32 Å². The molecule has 0 saturated carbocycles. The molecule has 104 valence electrons. The molecule has 0 radical (unpaired) electrons. The van der Waals surface area contributed by atoms with Gasteiger partial charge in [0.25, 0.3) is 0 Å². The first kappa shape index (κ1) is 14.8. The van der Waals surface area contributed by atoms with Crippen LogP contribution in [0.15, 0.2) is 22.7 Å². The number of carbonyl (C=O) groups excluding carboxylic acids is 1. The van der Waals surface area contributed by atoms with E-state index in [0.717, 1.165) is 24.0 Å². The molecule has 0 bridgehead atoms. The maximum atomic E-state index is 11.9. The molecule has 2 N–H and O–H groups in total. The molecule has 3 nitrogen and oxygen atoms in total. The molecule has 0 spiro atoms. The summed E-state index contributed by atoms with van der Waals surface area (Å²) in [6.45, 7) is 2.15. The highest BCUT2D eigenvalue weighted by molar-refractivity contribution is 9.10. The lowest BCUT2D eigenvalue weighted by molar-refractivity contribution is -0.116. The van der Waals surface area contributed by atoms with Crippen LogP contribution in [-0.2, 0) is 4.79 Å². The number of carbonyl (C=O) groups is 1. The number of anilines is 1. The zero-order valence-corrected chi connectivity index (χ0v) is 13.1. The van der Waals surface area contributed by atoms with Gasteiger partial charge in [0.15, 0.2) is 0 Å². The molecule has 1 fully saturated rings. The van der Waals surface area contributed by atoms with E-state index >= 15 is 0 Å². The van der Waals surface area contributed by atoms with E-state index in [2.05, 4.69) is 26.6 Å². The van der Waals surface area contributed by atoms with Gasteiger partial charge in [-0.15, -0.1) is 0 Å². The molecule has 0 atom stereocenters. The number of benzene rings is 1. The van der Waals surface area contributed by atoms with Gasteiger partial charge in [-0.25, -0.2) is 0 Å². The van der Waals surface area contributed by atoms with E-state index in [1.54, 1.807) is 6.07 Å². The molecule has 1 saturated heterocycles. The van der Waals surface area contributed by atoms with Crippen LogP contribution in [0.3, 0.4) is 0 Å². The fourth-order valence-corrected chi connectivity index (χ4v) is 2.84. The van der Waals surface area contributed by atoms with Crippen LogP contribution in [0.25, 0.3) is 0 Å². The number of hydrogen-bond donors (Lipinski definition) is 2. The van der Waals surface area contributed by atoms with Crippen molar-refractivity contribution in [2.24, 2.45) is 5.92 Å². The summed E-state index contributed by atoms with van der Waals surface area (Å²) in [5.74, 6) is 0.712. The largest absolute Gasteiger partial charge is 0.325 e. The summed E-state index contributed by atoms with van der Waals surface area (Å²) in [6.07, 6.45) is 3.86. The van der Waals surface area contributed by atoms with Crippen molar-refractivity contribution < 1.29 is 4.79 Å². The topological polar surface area (TPSA) is 41.1 Å². The van der Waals surface area contributed by atoms with Gasteiger partial charge in [-0.3, -0.25) is 4.79 Å². The Kier molecular flexibility index (Phi) is 5.67. The third kappa shape index (κ3) is 4.79. The Bertz CT molecular complexity index is 447. The minimum Gasteiger partial charge on any atom is -0.325 e. The normalized spacial score (nSPS) is 16.3. The van der Waals surface area contributed by atoms with Gasteiger partial charge in [0.1, 0.15) is 0 Å². The third-order valence-corrected chi connectivity index (χ3v) is 4.26. The van der Waals surface area contributed by atoms with E-state index in [0.29, 0.717) is 23.0 Å². The smallest absolute Gasteiger partial charge is 0.224 e. The number of rotatable bonds is 4. The zero-order valence-electron chi connectivity index (χ0n) is 10.7. The van der Waals surface area contributed by atoms with Crippen LogP contribution in [-0.4, -0.2) is 19.0 Å². The van der Waals surface area contributed by atoms with E-state index in [9.17, 15) is 4.79 Å². The van der Waals surface area contributed by atoms with Crippen molar-refractivity contribution in [3.05, 3.63) is 27.7 Å². The van der Waals surface area contributed by atoms with Gasteiger partial charge >= 0.3 is 0 Å². The van der Waals surface area contributed by atoms with Gasteiger partial charge in [0, 0.05) is 10.9 Å². The minimum atomic E-state index is 0.0403. The fourth-order valence-electron chi connectivity index (χ4n) is 2.31. The number of nitrogens with one attached hydrogen (secondary N) is 2. The second kappa shape index (κ2) is 7.27. The summed E-state index contributed by atoms with van der Waals surface area (Å²) in [4.78, 5) is 11.9. The molecule has 19 heavy (non-hydrogen) atoms. The maximum Gasteiger partial charge on any atom is 0.224 e. The van der Waals surface area contributed by atoms with Crippen LogP contribution in [0, 0.1) is 5.92 Å². The molecule has 1 amide bonds. The van der Waals surface area contributed by atoms with Crippen molar-refractivity contribution in [1.29, 1.82) is 0 Å². The highest BCUT2D eigenvalue weighted by Gasteiger charge is 2.15. The lowest BCUT2D eigenvalue weighted by atomic mass is 9.93. The first-order chi connectivity index (χ1) is 9.15. The van der Waals surface area contributed by atoms with Crippen LogP contribution in [0.2, 0.25) is 5.02 Å². The lowest BCUT2D eigenvalue weighted by Crippen LogP contribution is -2.28. The first-order valence-corrected chi connectivity index (χ1v) is 7.78. The van der Waals surface area contributed by atoms with Crippen LogP contribution in [0.5, 0.6) is 0 Å². The van der Waals surface area contributed by atoms with Crippen molar-refractivity contribution in [2.45, 2.75) is 25.7 Å². The fraction of sp³-hybridized carbons (Fsp3) is 0.500. The average molecular weight is 346 g/mol. The Morgan fingerprint density at radius 3 is 2.89 bits per heavy atom. The van der Waals surface area contributed by atoms with Crippen LogP contribution in [0.1, 0.15) is 25.7 Å². The standard InChI is InChI=1S/C14H18BrClN2O/c15-11-2-3-12(16)13(9-11)18-14(19)4-1-10-5-7-17-8-6-10/h2-3,9-10,17H,1,4-8H2,(H,18,19). The van der Waals surface area contributed by atoms with Gasteiger partial charge in [0.05, 0.1) is 10.7 Å². The summed E-state index contributed by atoms with van der Waals surface area (Å²) >= 11 is 9.42. The van der Waals surface area contributed by atoms with Crippen molar-refractivity contribution in [3.63, 3.8) is 0 Å². The van der Waals surface area contributed by atoms with Gasteiger partial charge in [-0.05, 0) is 56.5 Å². The Balaban J connectivity index is 1.81. The Labute approximate surface area is 127 Å². The minimum absolute atomic E-state index is 0.0403. The molecule has 1 aliphatic heterocycles. The molecule has 0 unspecified atom stereocenters. The van der Waals surface area contributed by atoms with Crippen LogP contribution < -0.4 is 10.6 Å². The highest BCUT2D eigenvalue weighted by Crippen LogP contribution is 2.26. The lowest BCUT2D eigenvalue weighted by Gasteiger charge is -2.22. The monoisotopic (exact) mass is 344 g/mol. The van der Waals surface area contributed by atoms with Crippen molar-refractivity contribution >= 4 is 39.1 Å². The van der Waals surface area contributed by atoms with E-state index < -0.39 is 0 Å². The SMILES string of the molecule is O=C(CCC1CCNCC1)Nc1cc(Br)ccc1Cl. The Morgan fingerprint density at radius 2 is 2.16 bits per heavy atom. The number of amides is 1. The number of piperidine rings is 1. The molecule has 1 aliphatic rings. The second-order valence-electron chi connectivity index (χ2n) is 4.90. The highest BCUT2D eigenvalue weighted by atomic mass is 79.9. The van der Waals surface area contributed by atoms with Gasteiger partial charge in [-0.2, -0.15) is 0 Å². The summed E-state index contributed by atoms with van der Waals surface area (Å²) in [5, 5.41) is 6.77. The molecule has 0 aromatic heterocycles. The summed E-state index contributed by atoms with van der Waals surface area (Å²) in [5.41, 5.74) is 0.673. The summed E-state index contributed by atoms with van der Waals surface area (Å²) in [6, 6.07) is 5.45. The summed E-state index contributed by atoms with van der Waals surface area (Å²) < 4.78 is 0.908. The molecule has 2 rings (SSSR count). The molecule has 1 aromatic rings. The second-order valence-corrected chi connectivity index (χ2v) is 6.23. The average Bonchev–Trinajstić information content (AvgIpc) is 2.42. The Morgan fingerprint density at radius 1 is 1.42 bits per heavy atom. The molecule has 5 heteroatoms. The van der Waals surface area contributed by atoms with E-state index in [4.69, 9.17) is 11.6 Å². The van der Waals surface area contributed by atoms with E-state index in [-0.39, 0.29) is 5.91 Å². The molecule has 1 heterocycles. The van der Waals surface area contributed by atoms with Crippen LogP contribution in [0.4, 0.5) is 5.69 Å². The van der Waals surface area contributed by atoms with Crippen LogP contribution >= 0.6 is 27.5 Å². The molecular weight excluding hydrogens is 328 g/mol. The molecule has 1 aromatic carbocycles. The zero-order chi connectivity index (χ0) is 13.7. The Hall–Kier alpha value is -0.580. The molecule has 0 aliphatic carbocycles. The van der Waals surface area contributed by atoms with E-state index in [1.807, 2.05) is 12.1 Å². The predicted octanol–water partition coefficient (Wildman–Crippen LogP) is 3.82. The quantitative estimate of drug-likeness (QED) is 0.871. The van der Waals surface area contributed by atoms with Crippen molar-refractivity contribution in [3.8, 4) is 0 Å².